The molecule has 0 radical (unpaired) electrons. The highest BCUT2D eigenvalue weighted by atomic mass is 35.5. The van der Waals surface area contributed by atoms with Gasteiger partial charge in [0.2, 0.25) is 0 Å². The SMILES string of the molecule is Cc1ccc(-c2cc(Cl)cc3cc4n(c23)CCCNC4=O)cc1. The third-order valence-electron chi connectivity index (χ3n) is 4.40. The smallest absolute Gasteiger partial charge is 0.267 e. The Balaban J connectivity index is 2.03. The van der Waals surface area contributed by atoms with E-state index in [1.807, 2.05) is 18.2 Å². The highest BCUT2D eigenvalue weighted by molar-refractivity contribution is 6.32. The second-order valence-electron chi connectivity index (χ2n) is 6.05. The van der Waals surface area contributed by atoms with Gasteiger partial charge in [-0.05, 0) is 37.1 Å². The van der Waals surface area contributed by atoms with Gasteiger partial charge in [0.05, 0.1) is 5.52 Å². The fraction of sp³-hybridized carbons (Fsp3) is 0.211. The van der Waals surface area contributed by atoms with Crippen molar-refractivity contribution in [2.45, 2.75) is 19.9 Å². The number of rotatable bonds is 1. The number of carbonyl (C=O) groups is 1. The van der Waals surface area contributed by atoms with Crippen molar-refractivity contribution in [3.63, 3.8) is 0 Å². The van der Waals surface area contributed by atoms with Crippen LogP contribution < -0.4 is 5.32 Å². The number of nitrogens with one attached hydrogen (secondary N) is 1. The number of hydrogen-bond donors (Lipinski definition) is 1. The van der Waals surface area contributed by atoms with E-state index in [2.05, 4.69) is 41.1 Å². The lowest BCUT2D eigenvalue weighted by Gasteiger charge is -2.11. The fourth-order valence-electron chi connectivity index (χ4n) is 3.28. The summed E-state index contributed by atoms with van der Waals surface area (Å²) in [4.78, 5) is 12.3. The second kappa shape index (κ2) is 5.43. The van der Waals surface area contributed by atoms with Gasteiger partial charge < -0.3 is 9.88 Å². The number of aromatic nitrogens is 1. The van der Waals surface area contributed by atoms with E-state index >= 15 is 0 Å². The molecule has 0 atom stereocenters. The molecule has 0 aliphatic carbocycles. The Morgan fingerprint density at radius 2 is 1.91 bits per heavy atom. The molecule has 3 nitrogen and oxygen atoms in total. The molecule has 116 valence electrons. The summed E-state index contributed by atoms with van der Waals surface area (Å²) >= 11 is 6.33. The van der Waals surface area contributed by atoms with Crippen LogP contribution in [0.25, 0.3) is 22.0 Å². The zero-order valence-electron chi connectivity index (χ0n) is 12.9. The minimum atomic E-state index is -0.00956. The van der Waals surface area contributed by atoms with Gasteiger partial charge in [0.15, 0.2) is 0 Å². The molecule has 0 fully saturated rings. The van der Waals surface area contributed by atoms with Crippen molar-refractivity contribution >= 4 is 28.4 Å². The van der Waals surface area contributed by atoms with Crippen LogP contribution in [0.2, 0.25) is 5.02 Å². The lowest BCUT2D eigenvalue weighted by atomic mass is 10.0. The van der Waals surface area contributed by atoms with Crippen molar-refractivity contribution in [3.05, 3.63) is 58.7 Å². The molecule has 3 aromatic rings. The predicted octanol–water partition coefficient (Wildman–Crippen LogP) is 4.40. The van der Waals surface area contributed by atoms with E-state index in [9.17, 15) is 4.79 Å². The maximum absolute atomic E-state index is 12.3. The summed E-state index contributed by atoms with van der Waals surface area (Å²) < 4.78 is 2.13. The van der Waals surface area contributed by atoms with Gasteiger partial charge in [0.1, 0.15) is 5.69 Å². The summed E-state index contributed by atoms with van der Waals surface area (Å²) in [5.74, 6) is -0.00956. The summed E-state index contributed by atoms with van der Waals surface area (Å²) in [5.41, 5.74) is 5.22. The molecular formula is C19H17ClN2O. The van der Waals surface area contributed by atoms with Crippen molar-refractivity contribution in [3.8, 4) is 11.1 Å². The monoisotopic (exact) mass is 324 g/mol. The Labute approximate surface area is 139 Å². The Morgan fingerprint density at radius 3 is 2.70 bits per heavy atom. The topological polar surface area (TPSA) is 34.0 Å². The first-order chi connectivity index (χ1) is 11.1. The summed E-state index contributed by atoms with van der Waals surface area (Å²) in [6.07, 6.45) is 0.929. The van der Waals surface area contributed by atoms with E-state index in [0.29, 0.717) is 10.7 Å². The van der Waals surface area contributed by atoms with E-state index in [1.54, 1.807) is 0 Å². The van der Waals surface area contributed by atoms with Crippen molar-refractivity contribution in [1.82, 2.24) is 9.88 Å². The molecule has 0 saturated heterocycles. The van der Waals surface area contributed by atoms with Crippen LogP contribution in [0.1, 0.15) is 22.5 Å². The van der Waals surface area contributed by atoms with Crippen molar-refractivity contribution < 1.29 is 4.79 Å². The molecule has 0 bridgehead atoms. The summed E-state index contributed by atoms with van der Waals surface area (Å²) in [6.45, 7) is 3.62. The van der Waals surface area contributed by atoms with Gasteiger partial charge in [-0.1, -0.05) is 41.4 Å². The number of benzene rings is 2. The quantitative estimate of drug-likeness (QED) is 0.707. The number of aryl methyl sites for hydroxylation is 2. The van der Waals surface area contributed by atoms with E-state index < -0.39 is 0 Å². The largest absolute Gasteiger partial charge is 0.351 e. The Hall–Kier alpha value is -2.26. The van der Waals surface area contributed by atoms with Gasteiger partial charge in [-0.3, -0.25) is 4.79 Å². The van der Waals surface area contributed by atoms with Crippen LogP contribution in [0.5, 0.6) is 0 Å². The molecule has 4 rings (SSSR count). The third-order valence-corrected chi connectivity index (χ3v) is 4.61. The fourth-order valence-corrected chi connectivity index (χ4v) is 3.51. The van der Waals surface area contributed by atoms with Crippen LogP contribution in [0.15, 0.2) is 42.5 Å². The second-order valence-corrected chi connectivity index (χ2v) is 6.48. The first-order valence-electron chi connectivity index (χ1n) is 7.81. The average Bonchev–Trinajstić information content (AvgIpc) is 2.80. The van der Waals surface area contributed by atoms with Gasteiger partial charge in [-0.15, -0.1) is 0 Å². The van der Waals surface area contributed by atoms with Crippen LogP contribution in [0.3, 0.4) is 0 Å². The predicted molar refractivity (Wildman–Crippen MR) is 94.1 cm³/mol. The van der Waals surface area contributed by atoms with E-state index in [1.165, 1.54) is 5.56 Å². The maximum atomic E-state index is 12.3. The number of amides is 1. The number of carbonyl (C=O) groups excluding carboxylic acids is 1. The number of hydrogen-bond acceptors (Lipinski definition) is 1. The van der Waals surface area contributed by atoms with Gasteiger partial charge in [-0.25, -0.2) is 0 Å². The summed E-state index contributed by atoms with van der Waals surface area (Å²) in [7, 11) is 0. The van der Waals surface area contributed by atoms with Gasteiger partial charge in [0, 0.05) is 29.1 Å². The lowest BCUT2D eigenvalue weighted by molar-refractivity contribution is 0.0951. The number of halogens is 1. The molecule has 0 unspecified atom stereocenters. The lowest BCUT2D eigenvalue weighted by Crippen LogP contribution is -2.22. The molecular weight excluding hydrogens is 308 g/mol. The van der Waals surface area contributed by atoms with Gasteiger partial charge in [-0.2, -0.15) is 0 Å². The van der Waals surface area contributed by atoms with Crippen LogP contribution >= 0.6 is 11.6 Å². The normalized spacial score (nSPS) is 14.4. The van der Waals surface area contributed by atoms with Gasteiger partial charge >= 0.3 is 0 Å². The van der Waals surface area contributed by atoms with E-state index in [4.69, 9.17) is 11.6 Å². The molecule has 23 heavy (non-hydrogen) atoms. The van der Waals surface area contributed by atoms with Crippen molar-refractivity contribution in [2.75, 3.05) is 6.54 Å². The molecule has 1 aliphatic rings. The van der Waals surface area contributed by atoms with E-state index in [0.717, 1.165) is 41.5 Å². The van der Waals surface area contributed by atoms with Crippen LogP contribution in [-0.2, 0) is 6.54 Å². The number of nitrogens with zero attached hydrogens (tertiary/aromatic N) is 1. The Bertz CT molecular complexity index is 909. The standard InChI is InChI=1S/C19H17ClN2O/c1-12-3-5-13(6-4-12)16-11-15(20)9-14-10-17-19(23)21-7-2-8-22(17)18(14)16/h3-6,9-11H,2,7-8H2,1H3,(H,21,23). The van der Waals surface area contributed by atoms with Crippen LogP contribution in [0.4, 0.5) is 0 Å². The molecule has 1 aromatic heterocycles. The Morgan fingerprint density at radius 1 is 1.13 bits per heavy atom. The molecule has 0 spiro atoms. The molecule has 2 heterocycles. The summed E-state index contributed by atoms with van der Waals surface area (Å²) in [5, 5.41) is 4.65. The molecule has 1 aliphatic heterocycles. The maximum Gasteiger partial charge on any atom is 0.267 e. The third kappa shape index (κ3) is 2.41. The Kier molecular flexibility index (Phi) is 3.38. The zero-order valence-corrected chi connectivity index (χ0v) is 13.7. The molecule has 0 saturated carbocycles. The van der Waals surface area contributed by atoms with Crippen LogP contribution in [-0.4, -0.2) is 17.0 Å². The minimum Gasteiger partial charge on any atom is -0.351 e. The van der Waals surface area contributed by atoms with E-state index in [-0.39, 0.29) is 5.91 Å². The highest BCUT2D eigenvalue weighted by Gasteiger charge is 2.20. The first-order valence-corrected chi connectivity index (χ1v) is 8.19. The van der Waals surface area contributed by atoms with Crippen LogP contribution in [0, 0.1) is 6.92 Å². The highest BCUT2D eigenvalue weighted by Crippen LogP contribution is 2.35. The average molecular weight is 325 g/mol. The zero-order chi connectivity index (χ0) is 16.0. The molecule has 4 heteroatoms. The van der Waals surface area contributed by atoms with Gasteiger partial charge in [0.25, 0.3) is 5.91 Å². The first kappa shape index (κ1) is 14.3. The number of fused-ring (bicyclic) bond motifs is 3. The molecule has 1 amide bonds. The molecule has 2 aromatic carbocycles. The van der Waals surface area contributed by atoms with Crippen molar-refractivity contribution in [2.24, 2.45) is 0 Å². The molecule has 1 N–H and O–H groups in total. The minimum absolute atomic E-state index is 0.00956. The van der Waals surface area contributed by atoms with Crippen molar-refractivity contribution in [1.29, 1.82) is 0 Å². The summed E-state index contributed by atoms with van der Waals surface area (Å²) in [6, 6.07) is 14.3.